The van der Waals surface area contributed by atoms with Crippen molar-refractivity contribution in [2.24, 2.45) is 5.92 Å². The maximum absolute atomic E-state index is 10.6. The molecule has 0 aromatic heterocycles. The second-order valence-electron chi connectivity index (χ2n) is 4.08. The molecule has 0 amide bonds. The van der Waals surface area contributed by atoms with Crippen LogP contribution in [0.3, 0.4) is 0 Å². The van der Waals surface area contributed by atoms with E-state index in [2.05, 4.69) is 0 Å². The number of rotatable bonds is 8. The van der Waals surface area contributed by atoms with Gasteiger partial charge in [-0.25, -0.2) is 0 Å². The Labute approximate surface area is 122 Å². The first kappa shape index (κ1) is 20.7. The van der Waals surface area contributed by atoms with E-state index in [-0.39, 0.29) is 11.9 Å². The number of carbonyl (C=O) groups excluding carboxylic acids is 1. The lowest BCUT2D eigenvalue weighted by Crippen LogP contribution is -2.08. The number of esters is 1. The van der Waals surface area contributed by atoms with Crippen LogP contribution in [0.5, 0.6) is 0 Å². The molecule has 0 heterocycles. The minimum absolute atomic E-state index is 0.146. The van der Waals surface area contributed by atoms with Crippen molar-refractivity contribution in [2.45, 2.75) is 53.4 Å². The highest BCUT2D eigenvalue weighted by atomic mass is 16.5. The third kappa shape index (κ3) is 14.5. The summed E-state index contributed by atoms with van der Waals surface area (Å²) in [7, 11) is 0. The van der Waals surface area contributed by atoms with Gasteiger partial charge in [0.15, 0.2) is 0 Å². The summed E-state index contributed by atoms with van der Waals surface area (Å²) in [5, 5.41) is 8.55. The van der Waals surface area contributed by atoms with Crippen LogP contribution in [0.4, 0.5) is 0 Å². The summed E-state index contributed by atoms with van der Waals surface area (Å²) >= 11 is 0. The molecule has 116 valence electrons. The van der Waals surface area contributed by atoms with Crippen LogP contribution in [0.2, 0.25) is 0 Å². The number of carboxylic acid groups (broad SMARTS) is 1. The molecule has 0 saturated carbocycles. The lowest BCUT2D eigenvalue weighted by molar-refractivity contribution is -0.142. The Balaban J connectivity index is 0. The van der Waals surface area contributed by atoms with Crippen LogP contribution >= 0.6 is 0 Å². The Kier molecular flexibility index (Phi) is 16.0. The molecule has 0 aliphatic heterocycles. The van der Waals surface area contributed by atoms with Crippen molar-refractivity contribution < 1.29 is 19.4 Å². The first-order valence-corrected chi connectivity index (χ1v) is 7.23. The largest absolute Gasteiger partial charge is 0.481 e. The van der Waals surface area contributed by atoms with E-state index in [0.717, 1.165) is 12.8 Å². The molecular formula is C16H28O4. The normalized spacial score (nSPS) is 12.0. The van der Waals surface area contributed by atoms with Crippen molar-refractivity contribution in [3.8, 4) is 0 Å². The number of ether oxygens (including phenoxy) is 1. The molecule has 0 spiro atoms. The van der Waals surface area contributed by atoms with Gasteiger partial charge in [0.2, 0.25) is 0 Å². The van der Waals surface area contributed by atoms with Gasteiger partial charge in [0.05, 0.1) is 18.9 Å². The van der Waals surface area contributed by atoms with Crippen molar-refractivity contribution in [3.05, 3.63) is 24.3 Å². The van der Waals surface area contributed by atoms with Gasteiger partial charge in [-0.05, 0) is 26.2 Å². The van der Waals surface area contributed by atoms with E-state index in [0.29, 0.717) is 19.4 Å². The Morgan fingerprint density at radius 2 is 1.65 bits per heavy atom. The van der Waals surface area contributed by atoms with Gasteiger partial charge in [-0.2, -0.15) is 0 Å². The number of aliphatic carboxylic acids is 1. The first-order valence-electron chi connectivity index (χ1n) is 7.23. The van der Waals surface area contributed by atoms with Crippen LogP contribution in [-0.4, -0.2) is 23.7 Å². The average Bonchev–Trinajstić information content (AvgIpc) is 2.40. The van der Waals surface area contributed by atoms with Crippen LogP contribution in [0.15, 0.2) is 24.3 Å². The summed E-state index contributed by atoms with van der Waals surface area (Å²) in [5.41, 5.74) is 0. The average molecular weight is 284 g/mol. The molecule has 1 N–H and O–H groups in total. The van der Waals surface area contributed by atoms with Crippen molar-refractivity contribution in [1.82, 2.24) is 0 Å². The van der Waals surface area contributed by atoms with Gasteiger partial charge < -0.3 is 9.84 Å². The molecule has 0 rings (SSSR count). The van der Waals surface area contributed by atoms with Gasteiger partial charge in [0.25, 0.3) is 0 Å². The lowest BCUT2D eigenvalue weighted by atomic mass is 10.1. The maximum Gasteiger partial charge on any atom is 0.310 e. The molecule has 0 fully saturated rings. The summed E-state index contributed by atoms with van der Waals surface area (Å²) in [6, 6.07) is 0. The molecule has 0 aromatic carbocycles. The molecule has 0 saturated heterocycles. The van der Waals surface area contributed by atoms with Gasteiger partial charge >= 0.3 is 11.9 Å². The minimum Gasteiger partial charge on any atom is -0.481 e. The molecule has 0 aliphatic carbocycles. The second kappa shape index (κ2) is 15.5. The molecule has 4 heteroatoms. The molecule has 0 aliphatic rings. The van der Waals surface area contributed by atoms with Crippen LogP contribution in [0, 0.1) is 5.92 Å². The van der Waals surface area contributed by atoms with Crippen molar-refractivity contribution in [2.75, 3.05) is 6.61 Å². The summed E-state index contributed by atoms with van der Waals surface area (Å²) < 4.78 is 4.70. The smallest absolute Gasteiger partial charge is 0.310 e. The summed E-state index contributed by atoms with van der Waals surface area (Å²) in [5.74, 6) is -1.17. The van der Waals surface area contributed by atoms with Crippen LogP contribution in [0.1, 0.15) is 53.4 Å². The van der Waals surface area contributed by atoms with Gasteiger partial charge in [0.1, 0.15) is 0 Å². The minimum atomic E-state index is -0.729. The van der Waals surface area contributed by atoms with Gasteiger partial charge in [-0.15, -0.1) is 0 Å². The Bertz CT molecular complexity index is 304. The Morgan fingerprint density at radius 1 is 1.05 bits per heavy atom. The SMILES string of the molecule is CCC=CC(CC)C(=O)O.CCC=CCC(=O)OCC. The monoisotopic (exact) mass is 284 g/mol. The summed E-state index contributed by atoms with van der Waals surface area (Å²) in [6.45, 7) is 8.17. The van der Waals surface area contributed by atoms with Gasteiger partial charge in [-0.1, -0.05) is 45.1 Å². The molecule has 20 heavy (non-hydrogen) atoms. The number of allylic oxidation sites excluding steroid dienone is 2. The number of hydrogen-bond acceptors (Lipinski definition) is 3. The number of carbonyl (C=O) groups is 2. The number of hydrogen-bond donors (Lipinski definition) is 1. The van der Waals surface area contributed by atoms with Gasteiger partial charge in [0, 0.05) is 0 Å². The summed E-state index contributed by atoms with van der Waals surface area (Å²) in [6.07, 6.45) is 10.4. The van der Waals surface area contributed by atoms with Crippen molar-refractivity contribution >= 4 is 11.9 Å². The van der Waals surface area contributed by atoms with Crippen molar-refractivity contribution in [3.63, 3.8) is 0 Å². The predicted molar refractivity (Wildman–Crippen MR) is 81.5 cm³/mol. The third-order valence-electron chi connectivity index (χ3n) is 2.35. The molecule has 1 atom stereocenters. The van der Waals surface area contributed by atoms with E-state index in [1.165, 1.54) is 0 Å². The Morgan fingerprint density at radius 3 is 2.05 bits per heavy atom. The molecule has 0 bridgehead atoms. The molecule has 1 unspecified atom stereocenters. The highest BCUT2D eigenvalue weighted by Crippen LogP contribution is 2.04. The van der Waals surface area contributed by atoms with E-state index < -0.39 is 5.97 Å². The molecular weight excluding hydrogens is 256 g/mol. The standard InChI is InChI=1S/2C8H14O2/c1-3-5-6-7-8(9)10-4-2;1-3-5-6-7(4-2)8(9)10/h5-6H,3-4,7H2,1-2H3;5-7H,3-4H2,1-2H3,(H,9,10). The zero-order valence-corrected chi connectivity index (χ0v) is 13.1. The molecule has 0 aromatic rings. The fourth-order valence-electron chi connectivity index (χ4n) is 1.26. The zero-order chi connectivity index (χ0) is 15.8. The maximum atomic E-state index is 10.6. The Hall–Kier alpha value is -1.58. The summed E-state index contributed by atoms with van der Waals surface area (Å²) in [4.78, 5) is 21.0. The highest BCUT2D eigenvalue weighted by Gasteiger charge is 2.09. The van der Waals surface area contributed by atoms with E-state index in [9.17, 15) is 9.59 Å². The predicted octanol–water partition coefficient (Wildman–Crippen LogP) is 3.97. The van der Waals surface area contributed by atoms with E-state index in [1.807, 2.05) is 39.0 Å². The van der Waals surface area contributed by atoms with Crippen molar-refractivity contribution in [1.29, 1.82) is 0 Å². The van der Waals surface area contributed by atoms with Crippen LogP contribution in [0.25, 0.3) is 0 Å². The van der Waals surface area contributed by atoms with E-state index >= 15 is 0 Å². The molecule has 4 nitrogen and oxygen atoms in total. The second-order valence-corrected chi connectivity index (χ2v) is 4.08. The topological polar surface area (TPSA) is 63.6 Å². The van der Waals surface area contributed by atoms with Crippen LogP contribution < -0.4 is 0 Å². The fraction of sp³-hybridized carbons (Fsp3) is 0.625. The fourth-order valence-corrected chi connectivity index (χ4v) is 1.26. The first-order chi connectivity index (χ1) is 9.53. The number of carboxylic acids is 1. The highest BCUT2D eigenvalue weighted by molar-refractivity contribution is 5.72. The van der Waals surface area contributed by atoms with Crippen LogP contribution in [-0.2, 0) is 14.3 Å². The lowest BCUT2D eigenvalue weighted by Gasteiger charge is -2.00. The molecule has 0 radical (unpaired) electrons. The van der Waals surface area contributed by atoms with E-state index in [1.54, 1.807) is 13.0 Å². The quantitative estimate of drug-likeness (QED) is 0.541. The zero-order valence-electron chi connectivity index (χ0n) is 13.1. The van der Waals surface area contributed by atoms with Gasteiger partial charge in [-0.3, -0.25) is 9.59 Å². The van der Waals surface area contributed by atoms with E-state index in [4.69, 9.17) is 9.84 Å². The third-order valence-corrected chi connectivity index (χ3v) is 2.35.